The Kier molecular flexibility index (Phi) is 3.75. The van der Waals surface area contributed by atoms with Gasteiger partial charge in [0.2, 0.25) is 0 Å². The minimum Gasteiger partial charge on any atom is -0.376 e. The summed E-state index contributed by atoms with van der Waals surface area (Å²) in [4.78, 5) is 2.67. The molecule has 0 bridgehead atoms. The Bertz CT molecular complexity index is 498. The number of para-hydroxylation sites is 1. The number of hydrogen-bond acceptors (Lipinski definition) is 2. The summed E-state index contributed by atoms with van der Waals surface area (Å²) >= 11 is 8.03. The van der Waals surface area contributed by atoms with Gasteiger partial charge in [0.25, 0.3) is 0 Å². The summed E-state index contributed by atoms with van der Waals surface area (Å²) in [6.07, 6.45) is 0. The van der Waals surface area contributed by atoms with Gasteiger partial charge < -0.3 is 5.32 Å². The quantitative estimate of drug-likeness (QED) is 0.805. The fourth-order valence-corrected chi connectivity index (χ4v) is 2.94. The molecule has 2 aromatic rings. The van der Waals surface area contributed by atoms with Crippen LogP contribution < -0.4 is 5.32 Å². The molecule has 1 unspecified atom stereocenters. The first kappa shape index (κ1) is 12.5. The molecule has 2 rings (SSSR count). The molecule has 0 fully saturated rings. The van der Waals surface area contributed by atoms with Gasteiger partial charge in [0.1, 0.15) is 0 Å². The second-order valence-corrected chi connectivity index (χ2v) is 5.97. The summed E-state index contributed by atoms with van der Waals surface area (Å²) in [7, 11) is 0. The van der Waals surface area contributed by atoms with Crippen LogP contribution in [-0.2, 0) is 0 Å². The van der Waals surface area contributed by atoms with Gasteiger partial charge in [-0.3, -0.25) is 0 Å². The van der Waals surface area contributed by atoms with E-state index >= 15 is 0 Å². The Morgan fingerprint density at radius 1 is 1.18 bits per heavy atom. The lowest BCUT2D eigenvalue weighted by Crippen LogP contribution is -2.06. The molecular weight excluding hydrogens is 250 g/mol. The molecule has 0 amide bonds. The Labute approximate surface area is 111 Å². The van der Waals surface area contributed by atoms with E-state index in [1.54, 1.807) is 0 Å². The van der Waals surface area contributed by atoms with Crippen LogP contribution in [0, 0.1) is 13.8 Å². The van der Waals surface area contributed by atoms with E-state index in [0.717, 1.165) is 10.7 Å². The van der Waals surface area contributed by atoms with Gasteiger partial charge in [-0.25, -0.2) is 0 Å². The molecule has 1 heterocycles. The fourth-order valence-electron chi connectivity index (χ4n) is 1.79. The van der Waals surface area contributed by atoms with Gasteiger partial charge in [-0.2, -0.15) is 0 Å². The smallest absolute Gasteiger partial charge is 0.0640 e. The van der Waals surface area contributed by atoms with Crippen LogP contribution in [0.1, 0.15) is 28.3 Å². The van der Waals surface area contributed by atoms with Crippen LogP contribution in [0.2, 0.25) is 5.02 Å². The molecule has 3 heteroatoms. The van der Waals surface area contributed by atoms with Gasteiger partial charge in [-0.05, 0) is 44.5 Å². The van der Waals surface area contributed by atoms with Crippen molar-refractivity contribution < 1.29 is 0 Å². The first-order chi connectivity index (χ1) is 8.08. The van der Waals surface area contributed by atoms with E-state index in [1.807, 2.05) is 23.5 Å². The normalized spacial score (nSPS) is 12.5. The zero-order valence-electron chi connectivity index (χ0n) is 10.3. The second kappa shape index (κ2) is 5.11. The van der Waals surface area contributed by atoms with E-state index < -0.39 is 0 Å². The van der Waals surface area contributed by atoms with Crippen molar-refractivity contribution >= 4 is 28.6 Å². The van der Waals surface area contributed by atoms with E-state index in [4.69, 9.17) is 11.6 Å². The highest BCUT2D eigenvalue weighted by atomic mass is 35.5. The van der Waals surface area contributed by atoms with Crippen LogP contribution in [0.4, 0.5) is 5.69 Å². The number of thiophene rings is 1. The summed E-state index contributed by atoms with van der Waals surface area (Å²) in [5.41, 5.74) is 2.21. The van der Waals surface area contributed by atoms with Gasteiger partial charge in [-0.15, -0.1) is 11.3 Å². The molecule has 0 saturated heterocycles. The maximum atomic E-state index is 6.21. The van der Waals surface area contributed by atoms with E-state index in [0.29, 0.717) is 0 Å². The fraction of sp³-hybridized carbons (Fsp3) is 0.286. The van der Waals surface area contributed by atoms with Crippen LogP contribution >= 0.6 is 22.9 Å². The lowest BCUT2D eigenvalue weighted by molar-refractivity contribution is 0.906. The molecule has 0 aliphatic rings. The van der Waals surface area contributed by atoms with Gasteiger partial charge in [-0.1, -0.05) is 23.7 Å². The minimum absolute atomic E-state index is 0.285. The van der Waals surface area contributed by atoms with Crippen LogP contribution in [0.3, 0.4) is 0 Å². The monoisotopic (exact) mass is 265 g/mol. The molecule has 1 aromatic carbocycles. The van der Waals surface area contributed by atoms with Crippen molar-refractivity contribution in [2.24, 2.45) is 0 Å². The van der Waals surface area contributed by atoms with E-state index in [2.05, 4.69) is 44.3 Å². The lowest BCUT2D eigenvalue weighted by atomic mass is 10.1. The highest BCUT2D eigenvalue weighted by molar-refractivity contribution is 7.12. The molecular formula is C14H16ClNS. The third-order valence-electron chi connectivity index (χ3n) is 2.77. The standard InChI is InChI=1S/C14H16ClNS/c1-9-5-4-6-12(15)14(9)16-11(3)13-8-7-10(2)17-13/h4-8,11,16H,1-3H3. The molecule has 1 atom stereocenters. The topological polar surface area (TPSA) is 12.0 Å². The summed E-state index contributed by atoms with van der Waals surface area (Å²) < 4.78 is 0. The zero-order chi connectivity index (χ0) is 12.4. The van der Waals surface area contributed by atoms with Crippen molar-refractivity contribution in [1.82, 2.24) is 0 Å². The summed E-state index contributed by atoms with van der Waals surface area (Å²) in [6, 6.07) is 10.6. The molecule has 1 N–H and O–H groups in total. The average Bonchev–Trinajstić information content (AvgIpc) is 2.70. The third kappa shape index (κ3) is 2.82. The maximum Gasteiger partial charge on any atom is 0.0640 e. The number of rotatable bonds is 3. The van der Waals surface area contributed by atoms with Crippen molar-refractivity contribution in [3.05, 3.63) is 50.7 Å². The van der Waals surface area contributed by atoms with Crippen LogP contribution in [0.25, 0.3) is 0 Å². The Morgan fingerprint density at radius 2 is 1.94 bits per heavy atom. The average molecular weight is 266 g/mol. The van der Waals surface area contributed by atoms with E-state index in [9.17, 15) is 0 Å². The van der Waals surface area contributed by atoms with Crippen LogP contribution in [-0.4, -0.2) is 0 Å². The predicted molar refractivity (Wildman–Crippen MR) is 77.3 cm³/mol. The van der Waals surface area contributed by atoms with E-state index in [1.165, 1.54) is 15.3 Å². The molecule has 90 valence electrons. The SMILES string of the molecule is Cc1ccc(C(C)Nc2c(C)cccc2Cl)s1. The second-order valence-electron chi connectivity index (χ2n) is 4.25. The summed E-state index contributed by atoms with van der Waals surface area (Å²) in [5, 5.41) is 4.27. The highest BCUT2D eigenvalue weighted by Crippen LogP contribution is 2.31. The maximum absolute atomic E-state index is 6.21. The predicted octanol–water partition coefficient (Wildman–Crippen LogP) is 5.19. The summed E-state index contributed by atoms with van der Waals surface area (Å²) in [6.45, 7) is 6.36. The molecule has 0 spiro atoms. The minimum atomic E-state index is 0.285. The first-order valence-corrected chi connectivity index (χ1v) is 6.85. The largest absolute Gasteiger partial charge is 0.376 e. The molecule has 1 aromatic heterocycles. The number of halogens is 1. The Morgan fingerprint density at radius 3 is 2.53 bits per heavy atom. The van der Waals surface area contributed by atoms with Crippen LogP contribution in [0.15, 0.2) is 30.3 Å². The molecule has 0 radical (unpaired) electrons. The molecule has 1 nitrogen and oxygen atoms in total. The third-order valence-corrected chi connectivity index (χ3v) is 4.27. The Hall–Kier alpha value is -0.990. The van der Waals surface area contributed by atoms with Crippen molar-refractivity contribution in [3.8, 4) is 0 Å². The molecule has 17 heavy (non-hydrogen) atoms. The van der Waals surface area contributed by atoms with Crippen molar-refractivity contribution in [2.75, 3.05) is 5.32 Å². The number of hydrogen-bond donors (Lipinski definition) is 1. The summed E-state index contributed by atoms with van der Waals surface area (Å²) in [5.74, 6) is 0. The van der Waals surface area contributed by atoms with Gasteiger partial charge in [0, 0.05) is 9.75 Å². The Balaban J connectivity index is 2.21. The number of anilines is 1. The number of benzene rings is 1. The van der Waals surface area contributed by atoms with Crippen molar-refractivity contribution in [3.63, 3.8) is 0 Å². The van der Waals surface area contributed by atoms with Gasteiger partial charge in [0.15, 0.2) is 0 Å². The molecule has 0 aliphatic heterocycles. The zero-order valence-corrected chi connectivity index (χ0v) is 11.8. The van der Waals surface area contributed by atoms with Crippen molar-refractivity contribution in [2.45, 2.75) is 26.8 Å². The molecule has 0 saturated carbocycles. The molecule has 0 aliphatic carbocycles. The van der Waals surface area contributed by atoms with Gasteiger partial charge >= 0.3 is 0 Å². The first-order valence-electron chi connectivity index (χ1n) is 5.66. The van der Waals surface area contributed by atoms with E-state index in [-0.39, 0.29) is 6.04 Å². The number of nitrogens with one attached hydrogen (secondary N) is 1. The van der Waals surface area contributed by atoms with Crippen LogP contribution in [0.5, 0.6) is 0 Å². The highest BCUT2D eigenvalue weighted by Gasteiger charge is 2.10. The van der Waals surface area contributed by atoms with Gasteiger partial charge in [0.05, 0.1) is 16.8 Å². The number of aryl methyl sites for hydroxylation is 2. The van der Waals surface area contributed by atoms with Crippen molar-refractivity contribution in [1.29, 1.82) is 0 Å². The lowest BCUT2D eigenvalue weighted by Gasteiger charge is -2.17.